The molecule has 2 unspecified atom stereocenters. The SMILES string of the molecule is CC(Nc1cn[nH]c(=O)c1Cl)C1CCCO1. The highest BCUT2D eigenvalue weighted by Crippen LogP contribution is 2.21. The minimum Gasteiger partial charge on any atom is -0.377 e. The summed E-state index contributed by atoms with van der Waals surface area (Å²) in [4.78, 5) is 11.2. The largest absolute Gasteiger partial charge is 0.377 e. The molecule has 0 bridgehead atoms. The monoisotopic (exact) mass is 243 g/mol. The molecule has 2 rings (SSSR count). The lowest BCUT2D eigenvalue weighted by Gasteiger charge is -2.21. The first kappa shape index (κ1) is 11.4. The Morgan fingerprint density at radius 2 is 2.56 bits per heavy atom. The predicted molar refractivity (Wildman–Crippen MR) is 61.9 cm³/mol. The van der Waals surface area contributed by atoms with Crippen molar-refractivity contribution in [1.29, 1.82) is 0 Å². The number of nitrogens with zero attached hydrogens (tertiary/aromatic N) is 1. The molecule has 16 heavy (non-hydrogen) atoms. The summed E-state index contributed by atoms with van der Waals surface area (Å²) in [5.74, 6) is 0. The van der Waals surface area contributed by atoms with Crippen LogP contribution in [0, 0.1) is 0 Å². The van der Waals surface area contributed by atoms with Crippen molar-refractivity contribution in [3.63, 3.8) is 0 Å². The first-order valence-electron chi connectivity index (χ1n) is 5.30. The van der Waals surface area contributed by atoms with Gasteiger partial charge >= 0.3 is 0 Å². The molecule has 1 aliphatic heterocycles. The number of H-pyrrole nitrogens is 1. The van der Waals surface area contributed by atoms with Crippen LogP contribution >= 0.6 is 11.6 Å². The molecule has 0 aliphatic carbocycles. The van der Waals surface area contributed by atoms with E-state index in [2.05, 4.69) is 15.5 Å². The van der Waals surface area contributed by atoms with Crippen LogP contribution in [0.25, 0.3) is 0 Å². The Morgan fingerprint density at radius 3 is 3.25 bits per heavy atom. The maximum Gasteiger partial charge on any atom is 0.285 e. The van der Waals surface area contributed by atoms with Gasteiger partial charge in [-0.15, -0.1) is 0 Å². The van der Waals surface area contributed by atoms with E-state index in [0.29, 0.717) is 5.69 Å². The van der Waals surface area contributed by atoms with E-state index in [1.807, 2.05) is 6.92 Å². The van der Waals surface area contributed by atoms with Crippen LogP contribution in [0.15, 0.2) is 11.0 Å². The van der Waals surface area contributed by atoms with Crippen molar-refractivity contribution < 1.29 is 4.74 Å². The summed E-state index contributed by atoms with van der Waals surface area (Å²) < 4.78 is 5.55. The third-order valence-corrected chi connectivity index (χ3v) is 3.08. The highest BCUT2D eigenvalue weighted by molar-refractivity contribution is 6.32. The second-order valence-corrected chi connectivity index (χ2v) is 4.29. The van der Waals surface area contributed by atoms with Crippen molar-refractivity contribution in [3.05, 3.63) is 21.6 Å². The molecule has 2 heterocycles. The summed E-state index contributed by atoms with van der Waals surface area (Å²) in [6.45, 7) is 2.81. The van der Waals surface area contributed by atoms with Crippen LogP contribution in [0.5, 0.6) is 0 Å². The smallest absolute Gasteiger partial charge is 0.285 e. The van der Waals surface area contributed by atoms with Gasteiger partial charge in [-0.05, 0) is 19.8 Å². The van der Waals surface area contributed by atoms with Crippen LogP contribution in [0.1, 0.15) is 19.8 Å². The van der Waals surface area contributed by atoms with Gasteiger partial charge < -0.3 is 10.1 Å². The van der Waals surface area contributed by atoms with Gasteiger partial charge in [0.2, 0.25) is 0 Å². The highest BCUT2D eigenvalue weighted by Gasteiger charge is 2.23. The van der Waals surface area contributed by atoms with E-state index in [0.717, 1.165) is 19.4 Å². The molecule has 0 spiro atoms. The van der Waals surface area contributed by atoms with E-state index in [-0.39, 0.29) is 22.7 Å². The summed E-state index contributed by atoms with van der Waals surface area (Å²) in [6, 6.07) is 0.114. The molecule has 5 nitrogen and oxygen atoms in total. The molecule has 1 saturated heterocycles. The molecule has 0 amide bonds. The van der Waals surface area contributed by atoms with Crippen LogP contribution < -0.4 is 10.9 Å². The first-order chi connectivity index (χ1) is 7.68. The molecule has 1 aliphatic rings. The minimum absolute atomic E-state index is 0.114. The van der Waals surface area contributed by atoms with Crippen LogP contribution in [0.2, 0.25) is 5.02 Å². The van der Waals surface area contributed by atoms with E-state index in [1.165, 1.54) is 6.20 Å². The Labute approximate surface area is 98.2 Å². The number of hydrogen-bond acceptors (Lipinski definition) is 4. The lowest BCUT2D eigenvalue weighted by Crippen LogP contribution is -2.30. The number of halogens is 1. The van der Waals surface area contributed by atoms with E-state index in [4.69, 9.17) is 16.3 Å². The Bertz CT molecular complexity index is 415. The molecular formula is C10H14ClN3O2. The third kappa shape index (κ3) is 2.36. The molecule has 2 atom stereocenters. The predicted octanol–water partition coefficient (Wildman–Crippen LogP) is 1.40. The zero-order valence-electron chi connectivity index (χ0n) is 9.00. The quantitative estimate of drug-likeness (QED) is 0.842. The van der Waals surface area contributed by atoms with Crippen molar-refractivity contribution in [2.24, 2.45) is 0 Å². The van der Waals surface area contributed by atoms with Crippen molar-refractivity contribution in [3.8, 4) is 0 Å². The summed E-state index contributed by atoms with van der Waals surface area (Å²) >= 11 is 5.86. The van der Waals surface area contributed by atoms with Crippen LogP contribution in [-0.2, 0) is 4.74 Å². The number of hydrogen-bond donors (Lipinski definition) is 2. The maximum atomic E-state index is 11.2. The normalized spacial score (nSPS) is 22.0. The highest BCUT2D eigenvalue weighted by atomic mass is 35.5. The minimum atomic E-state index is -0.383. The van der Waals surface area contributed by atoms with E-state index >= 15 is 0 Å². The summed E-state index contributed by atoms with van der Waals surface area (Å²) in [7, 11) is 0. The van der Waals surface area contributed by atoms with E-state index in [9.17, 15) is 4.79 Å². The second kappa shape index (κ2) is 4.84. The maximum absolute atomic E-state index is 11.2. The number of nitrogens with one attached hydrogen (secondary N) is 2. The van der Waals surface area contributed by atoms with Gasteiger partial charge in [0, 0.05) is 12.6 Å². The fourth-order valence-electron chi connectivity index (χ4n) is 1.82. The lowest BCUT2D eigenvalue weighted by molar-refractivity contribution is 0.0996. The molecule has 0 radical (unpaired) electrons. The van der Waals surface area contributed by atoms with Gasteiger partial charge in [0.05, 0.1) is 18.0 Å². The molecule has 2 N–H and O–H groups in total. The molecule has 88 valence electrons. The van der Waals surface area contributed by atoms with Crippen LogP contribution in [0.4, 0.5) is 5.69 Å². The van der Waals surface area contributed by atoms with Gasteiger partial charge in [0.25, 0.3) is 5.56 Å². The Kier molecular flexibility index (Phi) is 3.46. The average Bonchev–Trinajstić information content (AvgIpc) is 2.78. The van der Waals surface area contributed by atoms with Gasteiger partial charge in [-0.3, -0.25) is 4.79 Å². The average molecular weight is 244 g/mol. The molecule has 6 heteroatoms. The molecule has 0 saturated carbocycles. The van der Waals surface area contributed by atoms with E-state index < -0.39 is 0 Å². The van der Waals surface area contributed by atoms with Gasteiger partial charge in [-0.2, -0.15) is 5.10 Å². The van der Waals surface area contributed by atoms with Gasteiger partial charge in [-0.25, -0.2) is 5.10 Å². The fourth-order valence-corrected chi connectivity index (χ4v) is 1.96. The van der Waals surface area contributed by atoms with Crippen LogP contribution in [0.3, 0.4) is 0 Å². The van der Waals surface area contributed by atoms with Gasteiger partial charge in [0.1, 0.15) is 5.02 Å². The Hall–Kier alpha value is -1.07. The zero-order chi connectivity index (χ0) is 11.5. The summed E-state index contributed by atoms with van der Waals surface area (Å²) in [5.41, 5.74) is 0.166. The van der Waals surface area contributed by atoms with Crippen molar-refractivity contribution in [2.75, 3.05) is 11.9 Å². The Balaban J connectivity index is 2.08. The summed E-state index contributed by atoms with van der Waals surface area (Å²) in [5, 5.41) is 9.27. The lowest BCUT2D eigenvalue weighted by atomic mass is 10.1. The third-order valence-electron chi connectivity index (χ3n) is 2.70. The first-order valence-corrected chi connectivity index (χ1v) is 5.67. The Morgan fingerprint density at radius 1 is 1.75 bits per heavy atom. The molecule has 1 aromatic rings. The topological polar surface area (TPSA) is 67.0 Å². The van der Waals surface area contributed by atoms with Gasteiger partial charge in [-0.1, -0.05) is 11.6 Å². The molecule has 1 fully saturated rings. The molecular weight excluding hydrogens is 230 g/mol. The van der Waals surface area contributed by atoms with Gasteiger partial charge in [0.15, 0.2) is 0 Å². The van der Waals surface area contributed by atoms with Crippen molar-refractivity contribution in [2.45, 2.75) is 31.9 Å². The standard InChI is InChI=1S/C10H14ClN3O2/c1-6(8-3-2-4-16-8)13-7-5-12-14-10(15)9(7)11/h5-6,8H,2-4H2,1H3,(H2,13,14,15). The summed E-state index contributed by atoms with van der Waals surface area (Å²) in [6.07, 6.45) is 3.80. The van der Waals surface area contributed by atoms with Crippen molar-refractivity contribution >= 4 is 17.3 Å². The van der Waals surface area contributed by atoms with E-state index in [1.54, 1.807) is 0 Å². The number of aromatic nitrogens is 2. The fraction of sp³-hybridized carbons (Fsp3) is 0.600. The zero-order valence-corrected chi connectivity index (χ0v) is 9.75. The number of rotatable bonds is 3. The number of aromatic amines is 1. The molecule has 1 aromatic heterocycles. The second-order valence-electron chi connectivity index (χ2n) is 3.91. The number of ether oxygens (including phenoxy) is 1. The number of anilines is 1. The molecule has 0 aromatic carbocycles. The van der Waals surface area contributed by atoms with Crippen LogP contribution in [-0.4, -0.2) is 29.0 Å². The van der Waals surface area contributed by atoms with Crippen molar-refractivity contribution in [1.82, 2.24) is 10.2 Å².